The summed E-state index contributed by atoms with van der Waals surface area (Å²) < 4.78 is 66.1. The summed E-state index contributed by atoms with van der Waals surface area (Å²) >= 11 is 0. The van der Waals surface area contributed by atoms with Crippen molar-refractivity contribution >= 4 is 39.0 Å². The summed E-state index contributed by atoms with van der Waals surface area (Å²) in [5.41, 5.74) is 1.34. The van der Waals surface area contributed by atoms with Crippen molar-refractivity contribution in [3.05, 3.63) is 82.9 Å². The van der Waals surface area contributed by atoms with E-state index >= 15 is 0 Å². The largest absolute Gasteiger partial charge is 0.508 e. The number of anilines is 2. The molecule has 0 saturated carbocycles. The Hall–Kier alpha value is -3.79. The van der Waals surface area contributed by atoms with Crippen LogP contribution in [0.5, 0.6) is 5.75 Å². The number of aromatic hydroxyl groups is 1. The molecule has 0 atom stereocenters. The first-order valence-electron chi connectivity index (χ1n) is 9.61. The van der Waals surface area contributed by atoms with E-state index in [0.717, 1.165) is 24.3 Å². The van der Waals surface area contributed by atoms with Gasteiger partial charge in [-0.1, -0.05) is 6.07 Å². The number of hydrogen-bond donors (Lipinski definition) is 3. The molecule has 170 valence electrons. The van der Waals surface area contributed by atoms with Crippen LogP contribution < -0.4 is 10.0 Å². The molecular weight excluding hydrogens is 457 g/mol. The minimum absolute atomic E-state index is 0.0342. The van der Waals surface area contributed by atoms with Crippen LogP contribution >= 0.6 is 0 Å². The van der Waals surface area contributed by atoms with Gasteiger partial charge in [-0.3, -0.25) is 9.52 Å². The number of halogens is 3. The van der Waals surface area contributed by atoms with Crippen molar-refractivity contribution in [2.75, 3.05) is 10.0 Å². The van der Waals surface area contributed by atoms with Gasteiger partial charge in [-0.25, -0.2) is 8.42 Å². The number of alkyl halides is 3. The molecule has 0 aromatic heterocycles. The quantitative estimate of drug-likeness (QED) is 0.463. The lowest BCUT2D eigenvalue weighted by Gasteiger charge is -2.11. The summed E-state index contributed by atoms with van der Waals surface area (Å²) in [6, 6.07) is 12.5. The fraction of sp³-hybridized carbons (Fsp3) is 0.0870. The first-order chi connectivity index (χ1) is 15.4. The van der Waals surface area contributed by atoms with Crippen LogP contribution in [-0.2, 0) is 21.0 Å². The number of fused-ring (bicyclic) bond motifs is 1. The predicted octanol–water partition coefficient (Wildman–Crippen LogP) is 5.01. The third-order valence-corrected chi connectivity index (χ3v) is 6.46. The number of aryl methyl sites for hydroxylation is 1. The molecule has 0 aliphatic carbocycles. The van der Waals surface area contributed by atoms with E-state index in [4.69, 9.17) is 0 Å². The van der Waals surface area contributed by atoms with Crippen molar-refractivity contribution in [1.29, 1.82) is 0 Å². The van der Waals surface area contributed by atoms with Gasteiger partial charge in [-0.05, 0) is 78.7 Å². The van der Waals surface area contributed by atoms with E-state index in [1.54, 1.807) is 25.1 Å². The second-order valence-corrected chi connectivity index (χ2v) is 9.13. The van der Waals surface area contributed by atoms with E-state index in [0.29, 0.717) is 22.4 Å². The van der Waals surface area contributed by atoms with Crippen LogP contribution in [0.15, 0.2) is 65.6 Å². The lowest BCUT2D eigenvalue weighted by atomic mass is 10.0. The smallest absolute Gasteiger partial charge is 0.416 e. The molecule has 1 aliphatic heterocycles. The van der Waals surface area contributed by atoms with Gasteiger partial charge in [-0.2, -0.15) is 13.2 Å². The normalized spacial score (nSPS) is 14.8. The number of sulfonamides is 1. The van der Waals surface area contributed by atoms with Crippen LogP contribution in [-0.4, -0.2) is 19.4 Å². The number of benzene rings is 3. The molecule has 0 spiro atoms. The van der Waals surface area contributed by atoms with E-state index in [-0.39, 0.29) is 21.9 Å². The van der Waals surface area contributed by atoms with Crippen molar-refractivity contribution in [1.82, 2.24) is 0 Å². The van der Waals surface area contributed by atoms with Crippen LogP contribution in [0.2, 0.25) is 0 Å². The Morgan fingerprint density at radius 3 is 2.33 bits per heavy atom. The molecule has 33 heavy (non-hydrogen) atoms. The lowest BCUT2D eigenvalue weighted by molar-refractivity contribution is -0.137. The van der Waals surface area contributed by atoms with Gasteiger partial charge in [0.25, 0.3) is 15.9 Å². The summed E-state index contributed by atoms with van der Waals surface area (Å²) in [4.78, 5) is 12.3. The number of carbonyl (C=O) groups excluding carboxylic acids is 1. The summed E-state index contributed by atoms with van der Waals surface area (Å²) in [5, 5.41) is 12.4. The Labute approximate surface area is 187 Å². The van der Waals surface area contributed by atoms with E-state index < -0.39 is 27.7 Å². The van der Waals surface area contributed by atoms with E-state index in [1.807, 2.05) is 0 Å². The summed E-state index contributed by atoms with van der Waals surface area (Å²) in [5.74, 6) is -0.308. The standard InChI is InChI=1S/C23H17F3N2O4S/c1-13-10-14(2-9-21(13)29)11-19-18-12-17(7-8-20(18)27-22(19)30)33(31,32)28-16-5-3-15(4-6-16)23(24,25)26/h2-12,28-29H,1H3,(H,27,30). The molecular formula is C23H17F3N2O4S. The Morgan fingerprint density at radius 2 is 1.70 bits per heavy atom. The van der Waals surface area contributed by atoms with Gasteiger partial charge in [0.2, 0.25) is 0 Å². The molecule has 1 aliphatic rings. The van der Waals surface area contributed by atoms with Crippen molar-refractivity contribution in [3.8, 4) is 5.75 Å². The number of nitrogens with one attached hydrogen (secondary N) is 2. The molecule has 0 radical (unpaired) electrons. The van der Waals surface area contributed by atoms with Gasteiger partial charge in [0.15, 0.2) is 0 Å². The molecule has 3 N–H and O–H groups in total. The second kappa shape index (κ2) is 7.96. The van der Waals surface area contributed by atoms with E-state index in [2.05, 4.69) is 10.0 Å². The molecule has 1 amide bonds. The zero-order valence-corrected chi connectivity index (χ0v) is 17.9. The number of phenols is 1. The van der Waals surface area contributed by atoms with Crippen molar-refractivity contribution in [2.45, 2.75) is 18.0 Å². The maximum Gasteiger partial charge on any atom is 0.416 e. The highest BCUT2D eigenvalue weighted by Gasteiger charge is 2.30. The fourth-order valence-corrected chi connectivity index (χ4v) is 4.44. The second-order valence-electron chi connectivity index (χ2n) is 7.45. The highest BCUT2D eigenvalue weighted by atomic mass is 32.2. The van der Waals surface area contributed by atoms with Crippen LogP contribution in [0.1, 0.15) is 22.3 Å². The Balaban J connectivity index is 1.66. The van der Waals surface area contributed by atoms with Crippen LogP contribution in [0.4, 0.5) is 24.5 Å². The maximum atomic E-state index is 12.8. The SMILES string of the molecule is Cc1cc(C=C2C(=O)Nc3ccc(S(=O)(=O)Nc4ccc(C(F)(F)F)cc4)cc32)ccc1O. The third-order valence-electron chi connectivity index (χ3n) is 5.08. The zero-order valence-electron chi connectivity index (χ0n) is 17.1. The van der Waals surface area contributed by atoms with Gasteiger partial charge >= 0.3 is 6.18 Å². The molecule has 6 nitrogen and oxygen atoms in total. The maximum absolute atomic E-state index is 12.8. The summed E-state index contributed by atoms with van der Waals surface area (Å²) in [6.07, 6.45) is -2.96. The molecule has 3 aromatic carbocycles. The zero-order chi connectivity index (χ0) is 24.0. The van der Waals surface area contributed by atoms with Gasteiger partial charge in [-0.15, -0.1) is 0 Å². The minimum atomic E-state index is -4.53. The van der Waals surface area contributed by atoms with Crippen molar-refractivity contribution in [3.63, 3.8) is 0 Å². The van der Waals surface area contributed by atoms with E-state index in [9.17, 15) is 31.5 Å². The number of carbonyl (C=O) groups is 1. The van der Waals surface area contributed by atoms with Gasteiger partial charge < -0.3 is 10.4 Å². The molecule has 0 fully saturated rings. The molecule has 0 bridgehead atoms. The highest BCUT2D eigenvalue weighted by molar-refractivity contribution is 7.92. The number of amides is 1. The Morgan fingerprint density at radius 1 is 1.00 bits per heavy atom. The molecule has 10 heteroatoms. The van der Waals surface area contributed by atoms with E-state index in [1.165, 1.54) is 24.3 Å². The van der Waals surface area contributed by atoms with Gasteiger partial charge in [0.1, 0.15) is 5.75 Å². The monoisotopic (exact) mass is 474 g/mol. The van der Waals surface area contributed by atoms with Crippen LogP contribution in [0, 0.1) is 6.92 Å². The molecule has 4 rings (SSSR count). The molecule has 1 heterocycles. The third kappa shape index (κ3) is 4.56. The highest BCUT2D eigenvalue weighted by Crippen LogP contribution is 2.36. The van der Waals surface area contributed by atoms with Crippen molar-refractivity contribution in [2.24, 2.45) is 0 Å². The van der Waals surface area contributed by atoms with Crippen LogP contribution in [0.25, 0.3) is 11.6 Å². The molecule has 0 unspecified atom stereocenters. The minimum Gasteiger partial charge on any atom is -0.508 e. The predicted molar refractivity (Wildman–Crippen MR) is 118 cm³/mol. The van der Waals surface area contributed by atoms with Crippen LogP contribution in [0.3, 0.4) is 0 Å². The Kier molecular flexibility index (Phi) is 5.41. The molecule has 0 saturated heterocycles. The first-order valence-corrected chi connectivity index (χ1v) is 11.1. The average molecular weight is 474 g/mol. The number of phenolic OH excluding ortho intramolecular Hbond substituents is 1. The fourth-order valence-electron chi connectivity index (χ4n) is 3.35. The topological polar surface area (TPSA) is 95.5 Å². The Bertz CT molecular complexity index is 1400. The number of rotatable bonds is 4. The average Bonchev–Trinajstić information content (AvgIpc) is 3.04. The van der Waals surface area contributed by atoms with Gasteiger partial charge in [0.05, 0.1) is 10.5 Å². The number of hydrogen-bond acceptors (Lipinski definition) is 4. The summed E-state index contributed by atoms with van der Waals surface area (Å²) in [6.45, 7) is 1.71. The first kappa shape index (κ1) is 22.4. The summed E-state index contributed by atoms with van der Waals surface area (Å²) in [7, 11) is -4.14. The molecule has 3 aromatic rings. The van der Waals surface area contributed by atoms with Gasteiger partial charge in [0, 0.05) is 22.5 Å². The lowest BCUT2D eigenvalue weighted by Crippen LogP contribution is -2.13. The van der Waals surface area contributed by atoms with Crippen molar-refractivity contribution < 1.29 is 31.5 Å².